The first kappa shape index (κ1) is 14.4. The van der Waals surface area contributed by atoms with Gasteiger partial charge in [-0.3, -0.25) is 0 Å². The lowest BCUT2D eigenvalue weighted by Crippen LogP contribution is -2.00. The van der Waals surface area contributed by atoms with Crippen LogP contribution in [0.4, 0.5) is 5.69 Å². The van der Waals surface area contributed by atoms with E-state index >= 15 is 0 Å². The zero-order valence-corrected chi connectivity index (χ0v) is 11.5. The molecular weight excluding hydrogens is 230 g/mol. The van der Waals surface area contributed by atoms with Crippen LogP contribution in [0.2, 0.25) is 0 Å². The van der Waals surface area contributed by atoms with Crippen LogP contribution < -0.4 is 9.47 Å². The lowest BCUT2D eigenvalue weighted by molar-refractivity contribution is 0.286. The summed E-state index contributed by atoms with van der Waals surface area (Å²) < 4.78 is 16.3. The molecule has 0 aliphatic heterocycles. The SMILES string of the molecule is CCO/C=N\c1cc(C)c(OCC)c(OCC)c1. The summed E-state index contributed by atoms with van der Waals surface area (Å²) >= 11 is 0. The molecule has 0 fully saturated rings. The summed E-state index contributed by atoms with van der Waals surface area (Å²) in [6.07, 6.45) is 1.45. The average Bonchev–Trinajstić information content (AvgIpc) is 2.34. The average molecular weight is 251 g/mol. The minimum Gasteiger partial charge on any atom is -0.490 e. The molecule has 0 aliphatic carbocycles. The number of ether oxygens (including phenoxy) is 3. The van der Waals surface area contributed by atoms with Gasteiger partial charge in [0.2, 0.25) is 0 Å². The summed E-state index contributed by atoms with van der Waals surface area (Å²) in [6.45, 7) is 9.62. The quantitative estimate of drug-likeness (QED) is 0.550. The van der Waals surface area contributed by atoms with E-state index < -0.39 is 0 Å². The topological polar surface area (TPSA) is 40.0 Å². The number of nitrogens with zero attached hydrogens (tertiary/aromatic N) is 1. The molecule has 0 heterocycles. The summed E-state index contributed by atoms with van der Waals surface area (Å²) in [5.74, 6) is 1.51. The Hall–Kier alpha value is -1.71. The largest absolute Gasteiger partial charge is 0.490 e. The molecule has 1 aromatic rings. The summed E-state index contributed by atoms with van der Waals surface area (Å²) in [6, 6.07) is 3.81. The van der Waals surface area contributed by atoms with Crippen molar-refractivity contribution in [3.05, 3.63) is 17.7 Å². The highest BCUT2D eigenvalue weighted by atomic mass is 16.5. The maximum absolute atomic E-state index is 5.59. The molecule has 1 aromatic carbocycles. The van der Waals surface area contributed by atoms with Gasteiger partial charge in [-0.15, -0.1) is 0 Å². The molecule has 4 heteroatoms. The number of hydrogen-bond donors (Lipinski definition) is 0. The third-order valence-electron chi connectivity index (χ3n) is 2.26. The van der Waals surface area contributed by atoms with Gasteiger partial charge in [0.05, 0.1) is 25.5 Å². The Morgan fingerprint density at radius 1 is 1.06 bits per heavy atom. The molecule has 0 aliphatic rings. The molecule has 18 heavy (non-hydrogen) atoms. The number of benzene rings is 1. The van der Waals surface area contributed by atoms with E-state index in [0.717, 1.165) is 22.7 Å². The normalized spacial score (nSPS) is 10.7. The predicted octanol–water partition coefficient (Wildman–Crippen LogP) is 3.49. The van der Waals surface area contributed by atoms with Crippen molar-refractivity contribution in [2.75, 3.05) is 19.8 Å². The number of aryl methyl sites for hydroxylation is 1. The van der Waals surface area contributed by atoms with E-state index in [9.17, 15) is 0 Å². The van der Waals surface area contributed by atoms with Crippen LogP contribution in [0.25, 0.3) is 0 Å². The zero-order valence-electron chi connectivity index (χ0n) is 11.5. The van der Waals surface area contributed by atoms with Crippen LogP contribution in [0.3, 0.4) is 0 Å². The molecule has 0 amide bonds. The fourth-order valence-corrected chi connectivity index (χ4v) is 1.56. The van der Waals surface area contributed by atoms with Gasteiger partial charge >= 0.3 is 0 Å². The number of hydrogen-bond acceptors (Lipinski definition) is 4. The molecule has 0 saturated carbocycles. The molecule has 100 valence electrons. The molecule has 0 radical (unpaired) electrons. The van der Waals surface area contributed by atoms with Crippen LogP contribution in [-0.4, -0.2) is 26.2 Å². The van der Waals surface area contributed by atoms with Gasteiger partial charge in [0.25, 0.3) is 0 Å². The van der Waals surface area contributed by atoms with Gasteiger partial charge < -0.3 is 14.2 Å². The number of rotatable bonds is 7. The van der Waals surface area contributed by atoms with E-state index in [1.165, 1.54) is 6.40 Å². The van der Waals surface area contributed by atoms with E-state index in [-0.39, 0.29) is 0 Å². The molecule has 0 aromatic heterocycles. The predicted molar refractivity (Wildman–Crippen MR) is 73.3 cm³/mol. The molecular formula is C14H21NO3. The van der Waals surface area contributed by atoms with E-state index in [2.05, 4.69) is 4.99 Å². The van der Waals surface area contributed by atoms with Crippen molar-refractivity contribution in [1.29, 1.82) is 0 Å². The Kier molecular flexibility index (Phi) is 6.05. The Morgan fingerprint density at radius 2 is 1.78 bits per heavy atom. The molecule has 0 atom stereocenters. The van der Waals surface area contributed by atoms with Gasteiger partial charge in [0, 0.05) is 6.07 Å². The maximum atomic E-state index is 5.59. The summed E-state index contributed by atoms with van der Waals surface area (Å²) in [5, 5.41) is 0. The fourth-order valence-electron chi connectivity index (χ4n) is 1.56. The van der Waals surface area contributed by atoms with Gasteiger partial charge in [-0.1, -0.05) is 0 Å². The summed E-state index contributed by atoms with van der Waals surface area (Å²) in [5.41, 5.74) is 1.80. The molecule has 0 spiro atoms. The van der Waals surface area contributed by atoms with E-state index in [0.29, 0.717) is 19.8 Å². The molecule has 4 nitrogen and oxygen atoms in total. The molecule has 0 N–H and O–H groups in total. The van der Waals surface area contributed by atoms with Crippen molar-refractivity contribution in [2.45, 2.75) is 27.7 Å². The minimum atomic E-state index is 0.595. The van der Waals surface area contributed by atoms with Crippen LogP contribution in [0.5, 0.6) is 11.5 Å². The second-order valence-electron chi connectivity index (χ2n) is 3.65. The van der Waals surface area contributed by atoms with Crippen LogP contribution in [-0.2, 0) is 4.74 Å². The van der Waals surface area contributed by atoms with Gasteiger partial charge in [-0.25, -0.2) is 4.99 Å². The van der Waals surface area contributed by atoms with Crippen LogP contribution >= 0.6 is 0 Å². The Labute approximate surface area is 109 Å². The van der Waals surface area contributed by atoms with E-state index in [1.54, 1.807) is 0 Å². The van der Waals surface area contributed by atoms with Crippen molar-refractivity contribution in [1.82, 2.24) is 0 Å². The molecule has 0 bridgehead atoms. The highest BCUT2D eigenvalue weighted by Crippen LogP contribution is 2.35. The van der Waals surface area contributed by atoms with Crippen molar-refractivity contribution in [3.8, 4) is 11.5 Å². The van der Waals surface area contributed by atoms with Crippen molar-refractivity contribution < 1.29 is 14.2 Å². The first-order valence-corrected chi connectivity index (χ1v) is 6.27. The zero-order chi connectivity index (χ0) is 13.4. The second kappa shape index (κ2) is 7.58. The minimum absolute atomic E-state index is 0.595. The Bertz CT molecular complexity index is 402. The Morgan fingerprint density at radius 3 is 2.39 bits per heavy atom. The van der Waals surface area contributed by atoms with E-state index in [1.807, 2.05) is 39.8 Å². The summed E-state index contributed by atoms with van der Waals surface area (Å²) in [7, 11) is 0. The third kappa shape index (κ3) is 3.95. The maximum Gasteiger partial charge on any atom is 0.174 e. The van der Waals surface area contributed by atoms with Gasteiger partial charge in [-0.05, 0) is 39.3 Å². The lowest BCUT2D eigenvalue weighted by atomic mass is 10.2. The second-order valence-corrected chi connectivity index (χ2v) is 3.65. The van der Waals surface area contributed by atoms with Crippen LogP contribution in [0, 0.1) is 6.92 Å². The van der Waals surface area contributed by atoms with Gasteiger partial charge in [-0.2, -0.15) is 0 Å². The molecule has 1 rings (SSSR count). The van der Waals surface area contributed by atoms with Crippen molar-refractivity contribution in [2.24, 2.45) is 4.99 Å². The van der Waals surface area contributed by atoms with Gasteiger partial charge in [0.15, 0.2) is 17.9 Å². The van der Waals surface area contributed by atoms with Crippen LogP contribution in [0.1, 0.15) is 26.3 Å². The monoisotopic (exact) mass is 251 g/mol. The van der Waals surface area contributed by atoms with Crippen LogP contribution in [0.15, 0.2) is 17.1 Å². The smallest absolute Gasteiger partial charge is 0.174 e. The van der Waals surface area contributed by atoms with Gasteiger partial charge in [0.1, 0.15) is 0 Å². The fraction of sp³-hybridized carbons (Fsp3) is 0.500. The third-order valence-corrected chi connectivity index (χ3v) is 2.26. The van der Waals surface area contributed by atoms with Crippen molar-refractivity contribution >= 4 is 12.1 Å². The summed E-state index contributed by atoms with van der Waals surface area (Å²) in [4.78, 5) is 4.22. The van der Waals surface area contributed by atoms with Crippen molar-refractivity contribution in [3.63, 3.8) is 0 Å². The Balaban J connectivity index is 3.02. The molecule has 0 saturated heterocycles. The molecule has 0 unspecified atom stereocenters. The standard InChI is InChI=1S/C14H21NO3/c1-5-16-10-15-12-8-11(4)14(18-7-3)13(9-12)17-6-2/h8-10H,5-7H2,1-4H3/b15-10-. The first-order valence-electron chi connectivity index (χ1n) is 6.27. The highest BCUT2D eigenvalue weighted by molar-refractivity contribution is 5.61. The number of aliphatic imine (C=N–C) groups is 1. The highest BCUT2D eigenvalue weighted by Gasteiger charge is 2.10. The first-order chi connectivity index (χ1) is 8.72. The lowest BCUT2D eigenvalue weighted by Gasteiger charge is -2.14. The van der Waals surface area contributed by atoms with E-state index in [4.69, 9.17) is 14.2 Å².